The van der Waals surface area contributed by atoms with Crippen molar-refractivity contribution in [3.63, 3.8) is 0 Å². The number of ether oxygens (including phenoxy) is 1. The van der Waals surface area contributed by atoms with Crippen LogP contribution in [0, 0.1) is 5.92 Å². The van der Waals surface area contributed by atoms with Gasteiger partial charge in [0.25, 0.3) is 0 Å². The van der Waals surface area contributed by atoms with E-state index in [1.165, 1.54) is 52.0 Å². The molecule has 18 heavy (non-hydrogen) atoms. The Labute approximate surface area is 111 Å². The summed E-state index contributed by atoms with van der Waals surface area (Å²) in [5, 5.41) is 3.52. The summed E-state index contributed by atoms with van der Waals surface area (Å²) in [6.07, 6.45) is 4.05. The number of nitrogens with zero attached hydrogens (tertiary/aromatic N) is 2. The van der Waals surface area contributed by atoms with Crippen molar-refractivity contribution in [2.24, 2.45) is 5.92 Å². The summed E-state index contributed by atoms with van der Waals surface area (Å²) in [6, 6.07) is 1.46. The maximum atomic E-state index is 5.53. The molecule has 3 unspecified atom stereocenters. The van der Waals surface area contributed by atoms with Crippen molar-refractivity contribution < 1.29 is 4.74 Å². The van der Waals surface area contributed by atoms with Gasteiger partial charge < -0.3 is 10.1 Å². The Hall–Kier alpha value is -0.160. The molecule has 0 spiro atoms. The normalized spacial score (nSPS) is 35.8. The molecule has 4 heteroatoms. The van der Waals surface area contributed by atoms with E-state index in [0.717, 1.165) is 25.2 Å². The van der Waals surface area contributed by atoms with Gasteiger partial charge in [0.05, 0.1) is 6.61 Å². The van der Waals surface area contributed by atoms with Crippen LogP contribution >= 0.6 is 0 Å². The summed E-state index contributed by atoms with van der Waals surface area (Å²) in [6.45, 7) is 8.27. The molecule has 104 valence electrons. The number of rotatable bonds is 4. The van der Waals surface area contributed by atoms with E-state index in [9.17, 15) is 0 Å². The van der Waals surface area contributed by atoms with Crippen LogP contribution in [-0.2, 0) is 4.74 Å². The van der Waals surface area contributed by atoms with Gasteiger partial charge in [-0.3, -0.25) is 9.80 Å². The molecule has 3 aliphatic heterocycles. The lowest BCUT2D eigenvalue weighted by Crippen LogP contribution is -2.54. The molecule has 3 saturated heterocycles. The maximum Gasteiger partial charge on any atom is 0.0510 e. The molecule has 0 aromatic carbocycles. The number of nitrogens with one attached hydrogen (secondary N) is 1. The molecule has 0 bridgehead atoms. The zero-order valence-electron chi connectivity index (χ0n) is 11.6. The summed E-state index contributed by atoms with van der Waals surface area (Å²) in [4.78, 5) is 5.36. The first-order chi connectivity index (χ1) is 8.86. The first kappa shape index (κ1) is 12.9. The van der Waals surface area contributed by atoms with Crippen molar-refractivity contribution in [2.75, 3.05) is 53.0 Å². The van der Waals surface area contributed by atoms with Crippen molar-refractivity contribution >= 4 is 0 Å². The highest BCUT2D eigenvalue weighted by atomic mass is 16.5. The first-order valence-electron chi connectivity index (χ1n) is 7.58. The highest BCUT2D eigenvalue weighted by molar-refractivity contribution is 4.89. The van der Waals surface area contributed by atoms with Gasteiger partial charge in [-0.15, -0.1) is 0 Å². The Balaban J connectivity index is 1.51. The molecule has 0 aliphatic carbocycles. The molecule has 0 saturated carbocycles. The zero-order valence-corrected chi connectivity index (χ0v) is 11.6. The van der Waals surface area contributed by atoms with Crippen molar-refractivity contribution in [2.45, 2.75) is 31.3 Å². The van der Waals surface area contributed by atoms with Crippen LogP contribution in [0.4, 0.5) is 0 Å². The van der Waals surface area contributed by atoms with E-state index in [2.05, 4.69) is 22.2 Å². The first-order valence-corrected chi connectivity index (χ1v) is 7.58. The molecule has 3 fully saturated rings. The monoisotopic (exact) mass is 253 g/mol. The smallest absolute Gasteiger partial charge is 0.0510 e. The minimum Gasteiger partial charge on any atom is -0.381 e. The molecular weight excluding hydrogens is 226 g/mol. The molecule has 1 N–H and O–H groups in total. The molecule has 0 aromatic heterocycles. The van der Waals surface area contributed by atoms with E-state index in [1.807, 2.05) is 0 Å². The summed E-state index contributed by atoms with van der Waals surface area (Å²) in [5.41, 5.74) is 0. The van der Waals surface area contributed by atoms with Gasteiger partial charge in [0, 0.05) is 50.8 Å². The average Bonchev–Trinajstić information content (AvgIpc) is 3.06. The minimum atomic E-state index is 0.612. The second kappa shape index (κ2) is 5.87. The largest absolute Gasteiger partial charge is 0.381 e. The van der Waals surface area contributed by atoms with Crippen LogP contribution in [0.15, 0.2) is 0 Å². The van der Waals surface area contributed by atoms with Crippen LogP contribution in [0.5, 0.6) is 0 Å². The fourth-order valence-corrected chi connectivity index (χ4v) is 3.85. The van der Waals surface area contributed by atoms with Crippen molar-refractivity contribution in [3.8, 4) is 0 Å². The second-order valence-corrected chi connectivity index (χ2v) is 6.11. The van der Waals surface area contributed by atoms with Crippen molar-refractivity contribution in [1.82, 2.24) is 15.1 Å². The van der Waals surface area contributed by atoms with Crippen LogP contribution in [-0.4, -0.2) is 74.9 Å². The molecule has 4 nitrogen and oxygen atoms in total. The third-order valence-corrected chi connectivity index (χ3v) is 5.03. The van der Waals surface area contributed by atoms with Gasteiger partial charge in [-0.05, 0) is 32.9 Å². The predicted molar refractivity (Wildman–Crippen MR) is 72.8 cm³/mol. The Morgan fingerprint density at radius 1 is 1.28 bits per heavy atom. The van der Waals surface area contributed by atoms with E-state index in [0.29, 0.717) is 6.04 Å². The van der Waals surface area contributed by atoms with Crippen LogP contribution < -0.4 is 5.32 Å². The Morgan fingerprint density at radius 2 is 2.22 bits per heavy atom. The standard InChI is InChI=1S/C14H27N3O/c1-15-14(12-4-8-18-11-12)10-16-6-7-17-5-2-3-13(17)9-16/h12-15H,2-11H2,1H3. The van der Waals surface area contributed by atoms with Gasteiger partial charge in [0.2, 0.25) is 0 Å². The van der Waals surface area contributed by atoms with Gasteiger partial charge in [-0.2, -0.15) is 0 Å². The molecule has 0 amide bonds. The highest BCUT2D eigenvalue weighted by Crippen LogP contribution is 2.23. The average molecular weight is 253 g/mol. The zero-order chi connectivity index (χ0) is 12.4. The Kier molecular flexibility index (Phi) is 4.19. The number of piperazine rings is 1. The quantitative estimate of drug-likeness (QED) is 0.784. The maximum absolute atomic E-state index is 5.53. The van der Waals surface area contributed by atoms with E-state index in [1.54, 1.807) is 0 Å². The van der Waals surface area contributed by atoms with E-state index in [4.69, 9.17) is 4.74 Å². The molecule has 0 radical (unpaired) electrons. The number of fused-ring (bicyclic) bond motifs is 1. The van der Waals surface area contributed by atoms with Gasteiger partial charge in [0.15, 0.2) is 0 Å². The summed E-state index contributed by atoms with van der Waals surface area (Å²) >= 11 is 0. The van der Waals surface area contributed by atoms with Crippen molar-refractivity contribution in [1.29, 1.82) is 0 Å². The van der Waals surface area contributed by atoms with Crippen molar-refractivity contribution in [3.05, 3.63) is 0 Å². The number of likely N-dealkylation sites (N-methyl/N-ethyl adjacent to an activating group) is 1. The molecular formula is C14H27N3O. The number of hydrogen-bond donors (Lipinski definition) is 1. The van der Waals surface area contributed by atoms with Gasteiger partial charge in [-0.1, -0.05) is 0 Å². The fraction of sp³-hybridized carbons (Fsp3) is 1.00. The number of hydrogen-bond acceptors (Lipinski definition) is 4. The molecule has 3 atom stereocenters. The van der Waals surface area contributed by atoms with E-state index >= 15 is 0 Å². The minimum absolute atomic E-state index is 0.612. The lowest BCUT2D eigenvalue weighted by Gasteiger charge is -2.39. The topological polar surface area (TPSA) is 27.7 Å². The molecule has 3 aliphatic rings. The van der Waals surface area contributed by atoms with Gasteiger partial charge in [-0.25, -0.2) is 0 Å². The third kappa shape index (κ3) is 2.72. The molecule has 3 rings (SSSR count). The lowest BCUT2D eigenvalue weighted by atomic mass is 9.98. The lowest BCUT2D eigenvalue weighted by molar-refractivity contribution is 0.0877. The summed E-state index contributed by atoms with van der Waals surface area (Å²) in [7, 11) is 2.11. The van der Waals surface area contributed by atoms with Crippen LogP contribution in [0.1, 0.15) is 19.3 Å². The molecule has 0 aromatic rings. The van der Waals surface area contributed by atoms with E-state index < -0.39 is 0 Å². The van der Waals surface area contributed by atoms with Gasteiger partial charge >= 0.3 is 0 Å². The Bertz CT molecular complexity index is 268. The van der Waals surface area contributed by atoms with Crippen LogP contribution in [0.2, 0.25) is 0 Å². The molecule has 3 heterocycles. The predicted octanol–water partition coefficient (Wildman–Crippen LogP) is 0.391. The van der Waals surface area contributed by atoms with Gasteiger partial charge in [0.1, 0.15) is 0 Å². The Morgan fingerprint density at radius 3 is 3.00 bits per heavy atom. The SMILES string of the molecule is CNC(CN1CCN2CCCC2C1)C1CCOC1. The second-order valence-electron chi connectivity index (χ2n) is 6.11. The highest BCUT2D eigenvalue weighted by Gasteiger charge is 2.33. The summed E-state index contributed by atoms with van der Waals surface area (Å²) in [5.74, 6) is 0.719. The van der Waals surface area contributed by atoms with E-state index in [-0.39, 0.29) is 0 Å². The van der Waals surface area contributed by atoms with Crippen LogP contribution in [0.3, 0.4) is 0 Å². The van der Waals surface area contributed by atoms with Crippen LogP contribution in [0.25, 0.3) is 0 Å². The third-order valence-electron chi connectivity index (χ3n) is 5.03. The summed E-state index contributed by atoms with van der Waals surface area (Å²) < 4.78 is 5.53. The fourth-order valence-electron chi connectivity index (χ4n) is 3.85.